The molecule has 2 heterocycles. The number of piperidine rings is 1. The number of nitrogens with zero attached hydrogens (tertiary/aromatic N) is 1. The second-order valence-electron chi connectivity index (χ2n) is 6.49. The van der Waals surface area contributed by atoms with Crippen molar-refractivity contribution in [2.24, 2.45) is 11.8 Å². The van der Waals surface area contributed by atoms with Gasteiger partial charge in [-0.2, -0.15) is 0 Å². The Bertz CT molecular complexity index is 241. The quantitative estimate of drug-likeness (QED) is 0.781. The molecule has 104 valence electrons. The SMILES string of the molecule is C1CC(CCN2CCC(NCC3CC3)CC2)CO1. The van der Waals surface area contributed by atoms with Gasteiger partial charge in [-0.15, -0.1) is 0 Å². The van der Waals surface area contributed by atoms with Crippen molar-refractivity contribution < 1.29 is 4.74 Å². The van der Waals surface area contributed by atoms with Gasteiger partial charge in [0.1, 0.15) is 0 Å². The van der Waals surface area contributed by atoms with Crippen molar-refractivity contribution in [1.82, 2.24) is 10.2 Å². The standard InChI is InChI=1S/C15H28N2O/c1-2-13(1)11-16-15-4-8-17(9-5-15)7-3-14-6-10-18-12-14/h13-16H,1-12H2. The third kappa shape index (κ3) is 3.94. The zero-order chi connectivity index (χ0) is 12.2. The van der Waals surface area contributed by atoms with Crippen LogP contribution >= 0.6 is 0 Å². The van der Waals surface area contributed by atoms with E-state index in [4.69, 9.17) is 4.74 Å². The fraction of sp³-hybridized carbons (Fsp3) is 1.00. The second-order valence-corrected chi connectivity index (χ2v) is 6.49. The molecule has 1 N–H and O–H groups in total. The highest BCUT2D eigenvalue weighted by Gasteiger charge is 2.24. The Morgan fingerprint density at radius 2 is 1.83 bits per heavy atom. The van der Waals surface area contributed by atoms with Crippen molar-refractivity contribution in [3.05, 3.63) is 0 Å². The van der Waals surface area contributed by atoms with Crippen LogP contribution in [0.15, 0.2) is 0 Å². The summed E-state index contributed by atoms with van der Waals surface area (Å²) in [6, 6.07) is 0.802. The van der Waals surface area contributed by atoms with Crippen LogP contribution < -0.4 is 5.32 Å². The Labute approximate surface area is 111 Å². The summed E-state index contributed by atoms with van der Waals surface area (Å²) in [4.78, 5) is 2.66. The predicted octanol–water partition coefficient (Wildman–Crippen LogP) is 1.88. The summed E-state index contributed by atoms with van der Waals surface area (Å²) < 4.78 is 5.45. The van der Waals surface area contributed by atoms with E-state index in [1.54, 1.807) is 0 Å². The van der Waals surface area contributed by atoms with Crippen molar-refractivity contribution in [2.75, 3.05) is 39.4 Å². The molecule has 0 radical (unpaired) electrons. The lowest BCUT2D eigenvalue weighted by molar-refractivity contribution is 0.165. The topological polar surface area (TPSA) is 24.5 Å². The Morgan fingerprint density at radius 1 is 1.00 bits per heavy atom. The molecule has 18 heavy (non-hydrogen) atoms. The van der Waals surface area contributed by atoms with E-state index in [0.29, 0.717) is 0 Å². The zero-order valence-electron chi connectivity index (χ0n) is 11.6. The molecule has 0 aromatic rings. The van der Waals surface area contributed by atoms with E-state index in [9.17, 15) is 0 Å². The zero-order valence-corrected chi connectivity index (χ0v) is 11.6. The van der Waals surface area contributed by atoms with Crippen LogP contribution in [0.1, 0.15) is 38.5 Å². The van der Waals surface area contributed by atoms with Gasteiger partial charge in [0.25, 0.3) is 0 Å². The van der Waals surface area contributed by atoms with Crippen molar-refractivity contribution in [2.45, 2.75) is 44.6 Å². The molecule has 1 saturated carbocycles. The maximum absolute atomic E-state index is 5.45. The van der Waals surface area contributed by atoms with Crippen LogP contribution in [0.5, 0.6) is 0 Å². The van der Waals surface area contributed by atoms with E-state index in [-0.39, 0.29) is 0 Å². The fourth-order valence-corrected chi connectivity index (χ4v) is 3.19. The van der Waals surface area contributed by atoms with E-state index in [1.165, 1.54) is 64.7 Å². The average molecular weight is 252 g/mol. The minimum atomic E-state index is 0.802. The first-order valence-electron chi connectivity index (χ1n) is 7.93. The molecule has 3 aliphatic rings. The molecule has 2 saturated heterocycles. The summed E-state index contributed by atoms with van der Waals surface area (Å²) in [6.45, 7) is 7.19. The summed E-state index contributed by atoms with van der Waals surface area (Å²) in [5.41, 5.74) is 0. The molecule has 1 aliphatic carbocycles. The molecule has 3 nitrogen and oxygen atoms in total. The van der Waals surface area contributed by atoms with Crippen LogP contribution in [0, 0.1) is 11.8 Å². The molecule has 1 atom stereocenters. The van der Waals surface area contributed by atoms with E-state index < -0.39 is 0 Å². The molecule has 0 amide bonds. The van der Waals surface area contributed by atoms with Crippen LogP contribution in [0.3, 0.4) is 0 Å². The molecular formula is C15H28N2O. The first-order chi connectivity index (χ1) is 8.90. The smallest absolute Gasteiger partial charge is 0.0495 e. The van der Waals surface area contributed by atoms with Crippen LogP contribution in [-0.4, -0.2) is 50.3 Å². The van der Waals surface area contributed by atoms with Gasteiger partial charge in [-0.25, -0.2) is 0 Å². The number of likely N-dealkylation sites (tertiary alicyclic amines) is 1. The molecule has 3 rings (SSSR count). The summed E-state index contributed by atoms with van der Waals surface area (Å²) >= 11 is 0. The minimum absolute atomic E-state index is 0.802. The van der Waals surface area contributed by atoms with Gasteiger partial charge in [-0.3, -0.25) is 0 Å². The van der Waals surface area contributed by atoms with Crippen molar-refractivity contribution in [1.29, 1.82) is 0 Å². The van der Waals surface area contributed by atoms with Crippen molar-refractivity contribution in [3.8, 4) is 0 Å². The minimum Gasteiger partial charge on any atom is -0.381 e. The highest BCUT2D eigenvalue weighted by atomic mass is 16.5. The predicted molar refractivity (Wildman–Crippen MR) is 73.7 cm³/mol. The monoisotopic (exact) mass is 252 g/mol. The summed E-state index contributed by atoms with van der Waals surface area (Å²) in [7, 11) is 0. The normalized spacial score (nSPS) is 31.0. The molecule has 0 spiro atoms. The summed E-state index contributed by atoms with van der Waals surface area (Å²) in [5.74, 6) is 1.86. The van der Waals surface area contributed by atoms with E-state index in [1.807, 2.05) is 0 Å². The van der Waals surface area contributed by atoms with Crippen LogP contribution in [0.2, 0.25) is 0 Å². The van der Waals surface area contributed by atoms with E-state index >= 15 is 0 Å². The molecule has 3 heteroatoms. The highest BCUT2D eigenvalue weighted by Crippen LogP contribution is 2.28. The third-order valence-electron chi connectivity index (χ3n) is 4.86. The van der Waals surface area contributed by atoms with Gasteiger partial charge in [-0.1, -0.05) is 0 Å². The van der Waals surface area contributed by atoms with Gasteiger partial charge >= 0.3 is 0 Å². The van der Waals surface area contributed by atoms with E-state index in [2.05, 4.69) is 10.2 Å². The lowest BCUT2D eigenvalue weighted by atomic mass is 10.0. The molecule has 0 bridgehead atoms. The van der Waals surface area contributed by atoms with Crippen LogP contribution in [-0.2, 0) is 4.74 Å². The lowest BCUT2D eigenvalue weighted by Crippen LogP contribution is -2.43. The Hall–Kier alpha value is -0.120. The second kappa shape index (κ2) is 6.36. The first-order valence-corrected chi connectivity index (χ1v) is 7.93. The average Bonchev–Trinajstić information content (AvgIpc) is 3.09. The molecular weight excluding hydrogens is 224 g/mol. The van der Waals surface area contributed by atoms with Gasteiger partial charge in [-0.05, 0) is 76.5 Å². The molecule has 2 aliphatic heterocycles. The fourth-order valence-electron chi connectivity index (χ4n) is 3.19. The van der Waals surface area contributed by atoms with E-state index in [0.717, 1.165) is 31.1 Å². The molecule has 3 fully saturated rings. The number of rotatable bonds is 6. The van der Waals surface area contributed by atoms with Crippen molar-refractivity contribution in [3.63, 3.8) is 0 Å². The van der Waals surface area contributed by atoms with Crippen LogP contribution in [0.25, 0.3) is 0 Å². The maximum atomic E-state index is 5.45. The number of hydrogen-bond acceptors (Lipinski definition) is 3. The highest BCUT2D eigenvalue weighted by molar-refractivity contribution is 4.82. The van der Waals surface area contributed by atoms with Gasteiger partial charge in [0, 0.05) is 19.3 Å². The van der Waals surface area contributed by atoms with Gasteiger partial charge < -0.3 is 15.0 Å². The van der Waals surface area contributed by atoms with Crippen molar-refractivity contribution >= 4 is 0 Å². The summed E-state index contributed by atoms with van der Waals surface area (Å²) in [6.07, 6.45) is 8.28. The van der Waals surface area contributed by atoms with Gasteiger partial charge in [0.2, 0.25) is 0 Å². The van der Waals surface area contributed by atoms with Crippen LogP contribution in [0.4, 0.5) is 0 Å². The number of hydrogen-bond donors (Lipinski definition) is 1. The Kier molecular flexibility index (Phi) is 4.55. The first kappa shape index (κ1) is 12.9. The molecule has 0 aromatic carbocycles. The third-order valence-corrected chi connectivity index (χ3v) is 4.86. The molecule has 0 aromatic heterocycles. The maximum Gasteiger partial charge on any atom is 0.0495 e. The van der Waals surface area contributed by atoms with Gasteiger partial charge in [0.15, 0.2) is 0 Å². The number of nitrogens with one attached hydrogen (secondary N) is 1. The van der Waals surface area contributed by atoms with Gasteiger partial charge in [0.05, 0.1) is 0 Å². The molecule has 1 unspecified atom stereocenters. The lowest BCUT2D eigenvalue weighted by Gasteiger charge is -2.33. The summed E-state index contributed by atoms with van der Waals surface area (Å²) in [5, 5.41) is 3.75. The largest absolute Gasteiger partial charge is 0.381 e. The Morgan fingerprint density at radius 3 is 2.50 bits per heavy atom. The number of ether oxygens (including phenoxy) is 1. The Balaban J connectivity index is 1.27.